The first-order valence-electron chi connectivity index (χ1n) is 10.7. The fraction of sp³-hybridized carbons (Fsp3) is 0.280. The Kier molecular flexibility index (Phi) is 7.41. The zero-order valence-electron chi connectivity index (χ0n) is 19.2. The maximum atomic E-state index is 13.6. The van der Waals surface area contributed by atoms with E-state index in [0.29, 0.717) is 21.5 Å². The summed E-state index contributed by atoms with van der Waals surface area (Å²) in [6.07, 6.45) is -0.143. The summed E-state index contributed by atoms with van der Waals surface area (Å²) in [7, 11) is 0. The summed E-state index contributed by atoms with van der Waals surface area (Å²) in [4.78, 5) is 63.8. The third kappa shape index (κ3) is 4.54. The number of carbonyl (C=O) groups excluding carboxylic acids is 4. The number of nitrogens with one attached hydrogen (secondary N) is 1. The van der Waals surface area contributed by atoms with Crippen molar-refractivity contribution in [3.8, 4) is 0 Å². The standard InChI is InChI=1S/C25H24ClNO7/c1-5-25(23(30)32-6-2,24(31)34-33-15(4)28)20-18-12-11-17(26)13-19(18)27-21(20)22(29)16-9-7-14(3)8-10-16/h7-13,27H,5-6H2,1-4H3. The van der Waals surface area contributed by atoms with Gasteiger partial charge in [-0.05, 0) is 32.4 Å². The Labute approximate surface area is 201 Å². The van der Waals surface area contributed by atoms with Gasteiger partial charge in [0.1, 0.15) is 0 Å². The number of aromatic nitrogens is 1. The largest absolute Gasteiger partial charge is 0.465 e. The molecule has 0 aliphatic heterocycles. The Morgan fingerprint density at radius 3 is 2.24 bits per heavy atom. The molecule has 34 heavy (non-hydrogen) atoms. The van der Waals surface area contributed by atoms with E-state index in [1.165, 1.54) is 0 Å². The van der Waals surface area contributed by atoms with Gasteiger partial charge in [0, 0.05) is 34.0 Å². The molecule has 0 aliphatic rings. The molecule has 8 nitrogen and oxygen atoms in total. The van der Waals surface area contributed by atoms with Crippen LogP contribution in [0.2, 0.25) is 5.02 Å². The predicted octanol–water partition coefficient (Wildman–Crippen LogP) is 4.59. The molecule has 1 aromatic heterocycles. The summed E-state index contributed by atoms with van der Waals surface area (Å²) in [5.41, 5.74) is -0.321. The summed E-state index contributed by atoms with van der Waals surface area (Å²) in [5, 5.41) is 0.782. The molecule has 0 amide bonds. The highest BCUT2D eigenvalue weighted by molar-refractivity contribution is 6.31. The zero-order chi connectivity index (χ0) is 25.0. The number of hydrogen-bond acceptors (Lipinski definition) is 7. The van der Waals surface area contributed by atoms with Gasteiger partial charge in [0.05, 0.1) is 12.3 Å². The summed E-state index contributed by atoms with van der Waals surface area (Å²) in [5.74, 6) is -3.46. The zero-order valence-corrected chi connectivity index (χ0v) is 19.9. The number of esters is 1. The average Bonchev–Trinajstić information content (AvgIpc) is 3.17. The van der Waals surface area contributed by atoms with E-state index >= 15 is 0 Å². The predicted molar refractivity (Wildman–Crippen MR) is 124 cm³/mol. The molecule has 0 spiro atoms. The fourth-order valence-electron chi connectivity index (χ4n) is 3.81. The maximum absolute atomic E-state index is 13.6. The van der Waals surface area contributed by atoms with Crippen LogP contribution in [-0.4, -0.2) is 35.3 Å². The number of ether oxygens (including phenoxy) is 1. The van der Waals surface area contributed by atoms with Gasteiger partial charge in [0.25, 0.3) is 0 Å². The fourth-order valence-corrected chi connectivity index (χ4v) is 3.98. The number of hydrogen-bond donors (Lipinski definition) is 1. The molecule has 1 N–H and O–H groups in total. The van der Waals surface area contributed by atoms with Crippen LogP contribution in [0.5, 0.6) is 0 Å². The van der Waals surface area contributed by atoms with Crippen LogP contribution < -0.4 is 0 Å². The highest BCUT2D eigenvalue weighted by Gasteiger charge is 2.54. The third-order valence-corrected chi connectivity index (χ3v) is 5.70. The van der Waals surface area contributed by atoms with Crippen LogP contribution >= 0.6 is 11.6 Å². The van der Waals surface area contributed by atoms with Crippen molar-refractivity contribution in [3.63, 3.8) is 0 Å². The maximum Gasteiger partial charge on any atom is 0.377 e. The smallest absolute Gasteiger partial charge is 0.377 e. The van der Waals surface area contributed by atoms with Crippen molar-refractivity contribution in [1.29, 1.82) is 0 Å². The number of H-pyrrole nitrogens is 1. The molecule has 0 saturated carbocycles. The molecule has 0 bridgehead atoms. The van der Waals surface area contributed by atoms with Crippen molar-refractivity contribution in [1.82, 2.24) is 4.98 Å². The molecule has 0 aliphatic carbocycles. The summed E-state index contributed by atoms with van der Waals surface area (Å²) < 4.78 is 5.25. The van der Waals surface area contributed by atoms with Crippen molar-refractivity contribution >= 4 is 46.2 Å². The Morgan fingerprint density at radius 1 is 0.971 bits per heavy atom. The first kappa shape index (κ1) is 25.0. The number of fused-ring (bicyclic) bond motifs is 1. The van der Waals surface area contributed by atoms with Gasteiger partial charge in [-0.2, -0.15) is 0 Å². The molecular formula is C25H24ClNO7. The van der Waals surface area contributed by atoms with Gasteiger partial charge < -0.3 is 9.72 Å². The molecule has 178 valence electrons. The second-order valence-corrected chi connectivity index (χ2v) is 8.12. The minimum atomic E-state index is -2.10. The monoisotopic (exact) mass is 485 g/mol. The molecule has 1 unspecified atom stereocenters. The second-order valence-electron chi connectivity index (χ2n) is 7.69. The molecular weight excluding hydrogens is 462 g/mol. The van der Waals surface area contributed by atoms with E-state index in [9.17, 15) is 19.2 Å². The van der Waals surface area contributed by atoms with Gasteiger partial charge in [-0.3, -0.25) is 9.59 Å². The lowest BCUT2D eigenvalue weighted by Crippen LogP contribution is -2.46. The number of aryl methyl sites for hydroxylation is 1. The SMILES string of the molecule is CCOC(=O)C(CC)(C(=O)OOC(C)=O)c1c(C(=O)c2ccc(C)cc2)[nH]c2cc(Cl)ccc12. The molecule has 3 rings (SSSR count). The van der Waals surface area contributed by atoms with Crippen LogP contribution in [0.25, 0.3) is 10.9 Å². The number of halogens is 1. The van der Waals surface area contributed by atoms with Crippen LogP contribution in [0.3, 0.4) is 0 Å². The van der Waals surface area contributed by atoms with Gasteiger partial charge in [-0.1, -0.05) is 54.4 Å². The van der Waals surface area contributed by atoms with E-state index in [1.807, 2.05) is 6.92 Å². The molecule has 2 aromatic carbocycles. The van der Waals surface area contributed by atoms with Crippen LogP contribution in [0.1, 0.15) is 54.4 Å². The number of aromatic amines is 1. The lowest BCUT2D eigenvalue weighted by Gasteiger charge is -2.28. The van der Waals surface area contributed by atoms with Crippen molar-refractivity contribution in [3.05, 3.63) is 69.9 Å². The molecule has 0 radical (unpaired) electrons. The molecule has 9 heteroatoms. The molecule has 0 saturated heterocycles. The van der Waals surface area contributed by atoms with E-state index in [4.69, 9.17) is 21.2 Å². The number of benzene rings is 2. The minimum Gasteiger partial charge on any atom is -0.465 e. The van der Waals surface area contributed by atoms with Crippen molar-refractivity contribution in [2.24, 2.45) is 0 Å². The Balaban J connectivity index is 2.35. The van der Waals surface area contributed by atoms with Crippen LogP contribution in [-0.2, 0) is 34.3 Å². The lowest BCUT2D eigenvalue weighted by molar-refractivity contribution is -0.262. The molecule has 0 fully saturated rings. The number of rotatable bonds is 7. The second kappa shape index (κ2) is 10.1. The number of ketones is 1. The first-order valence-corrected chi connectivity index (χ1v) is 11.0. The topological polar surface area (TPSA) is 112 Å². The summed E-state index contributed by atoms with van der Waals surface area (Å²) in [6, 6.07) is 11.6. The van der Waals surface area contributed by atoms with Crippen molar-refractivity contribution < 1.29 is 33.7 Å². The van der Waals surface area contributed by atoms with Crippen molar-refractivity contribution in [2.45, 2.75) is 39.5 Å². The molecule has 1 heterocycles. The van der Waals surface area contributed by atoms with E-state index in [0.717, 1.165) is 12.5 Å². The van der Waals surface area contributed by atoms with E-state index in [-0.39, 0.29) is 24.3 Å². The highest BCUT2D eigenvalue weighted by atomic mass is 35.5. The first-order chi connectivity index (χ1) is 16.1. The van der Waals surface area contributed by atoms with Crippen molar-refractivity contribution in [2.75, 3.05) is 6.61 Å². The van der Waals surface area contributed by atoms with Gasteiger partial charge >= 0.3 is 17.9 Å². The van der Waals surface area contributed by atoms with E-state index in [2.05, 4.69) is 9.87 Å². The lowest BCUT2D eigenvalue weighted by atomic mass is 9.75. The van der Waals surface area contributed by atoms with Gasteiger partial charge in [-0.25, -0.2) is 19.4 Å². The third-order valence-electron chi connectivity index (χ3n) is 5.47. The van der Waals surface area contributed by atoms with Gasteiger partial charge in [0.2, 0.25) is 5.78 Å². The quantitative estimate of drug-likeness (QED) is 0.171. The van der Waals surface area contributed by atoms with E-state index in [1.54, 1.807) is 56.3 Å². The van der Waals surface area contributed by atoms with Crippen LogP contribution in [0, 0.1) is 6.92 Å². The van der Waals surface area contributed by atoms with Crippen LogP contribution in [0.4, 0.5) is 0 Å². The van der Waals surface area contributed by atoms with Gasteiger partial charge in [0.15, 0.2) is 5.41 Å². The normalized spacial score (nSPS) is 12.6. The summed E-state index contributed by atoms with van der Waals surface area (Å²) in [6.45, 7) is 6.06. The highest BCUT2D eigenvalue weighted by Crippen LogP contribution is 2.40. The molecule has 3 aromatic rings. The Morgan fingerprint density at radius 2 is 1.65 bits per heavy atom. The average molecular weight is 486 g/mol. The van der Waals surface area contributed by atoms with Gasteiger partial charge in [-0.15, -0.1) is 0 Å². The minimum absolute atomic E-state index is 0.00389. The van der Waals surface area contributed by atoms with E-state index < -0.39 is 29.1 Å². The number of carbonyl (C=O) groups is 4. The Hall–Kier alpha value is -3.65. The Bertz CT molecular complexity index is 1260. The van der Waals surface area contributed by atoms with Crippen LogP contribution in [0.15, 0.2) is 42.5 Å². The molecule has 1 atom stereocenters. The summed E-state index contributed by atoms with van der Waals surface area (Å²) >= 11 is 6.16.